The van der Waals surface area contributed by atoms with Gasteiger partial charge in [0.15, 0.2) is 17.6 Å². The molecule has 0 aliphatic carbocycles. The van der Waals surface area contributed by atoms with Crippen molar-refractivity contribution in [1.29, 1.82) is 0 Å². The summed E-state index contributed by atoms with van der Waals surface area (Å²) in [6.07, 6.45) is -1.17. The lowest BCUT2D eigenvalue weighted by Crippen LogP contribution is -2.35. The quantitative estimate of drug-likeness (QED) is 0.114. The van der Waals surface area contributed by atoms with Gasteiger partial charge in [0.2, 0.25) is 0 Å². The van der Waals surface area contributed by atoms with Gasteiger partial charge in [-0.25, -0.2) is 19.3 Å². The number of ether oxygens (including phenoxy) is 2. The molecule has 270 valence electrons. The third-order valence-corrected chi connectivity index (χ3v) is 7.83. The van der Waals surface area contributed by atoms with Crippen LogP contribution in [0, 0.1) is 10.8 Å². The molecule has 0 radical (unpaired) electrons. The van der Waals surface area contributed by atoms with E-state index in [4.69, 9.17) is 24.3 Å². The van der Waals surface area contributed by atoms with E-state index in [0.29, 0.717) is 22.6 Å². The van der Waals surface area contributed by atoms with Gasteiger partial charge >= 0.3 is 25.5 Å². The normalized spacial score (nSPS) is 14.2. The predicted octanol–water partition coefficient (Wildman–Crippen LogP) is 3.46. The highest BCUT2D eigenvalue weighted by Crippen LogP contribution is 2.43. The summed E-state index contributed by atoms with van der Waals surface area (Å²) in [6, 6.07) is 6.51. The number of hydrogen-bond acceptors (Lipinski definition) is 12. The SMILES string of the molecule is CC(C)(C)C(=O)OCC(COP(=O)(O)OCCNC(=O)c1ccc(Cn2c(=O)[nH]c3c(N)nc(C(C)(C)C)nc32)cc1)OC(=O)C(C)(C)C. The van der Waals surface area contributed by atoms with Crippen LogP contribution in [0.25, 0.3) is 11.2 Å². The van der Waals surface area contributed by atoms with Crippen LogP contribution < -0.4 is 16.7 Å². The van der Waals surface area contributed by atoms with Crippen LogP contribution in [0.4, 0.5) is 5.82 Å². The fraction of sp³-hybridized carbons (Fsp3) is 0.562. The number of amides is 1. The molecular weight excluding hydrogens is 659 g/mol. The van der Waals surface area contributed by atoms with Crippen LogP contribution in [0.2, 0.25) is 0 Å². The van der Waals surface area contributed by atoms with Crippen molar-refractivity contribution < 1.29 is 42.4 Å². The Morgan fingerprint density at radius 3 is 2.14 bits per heavy atom. The molecule has 49 heavy (non-hydrogen) atoms. The van der Waals surface area contributed by atoms with Crippen molar-refractivity contribution in [3.63, 3.8) is 0 Å². The summed E-state index contributed by atoms with van der Waals surface area (Å²) in [5.74, 6) is -0.985. The van der Waals surface area contributed by atoms with E-state index < -0.39 is 66.9 Å². The first-order valence-electron chi connectivity index (χ1n) is 15.6. The third-order valence-electron chi connectivity index (χ3n) is 6.84. The molecular formula is C32H47N6O10P. The number of nitrogens with one attached hydrogen (secondary N) is 2. The zero-order chi connectivity index (χ0) is 36.9. The number of aromatic amines is 1. The topological polar surface area (TPSA) is 227 Å². The molecule has 1 aromatic carbocycles. The van der Waals surface area contributed by atoms with Crippen molar-refractivity contribution in [2.45, 2.75) is 80.4 Å². The molecule has 0 saturated heterocycles. The van der Waals surface area contributed by atoms with E-state index in [1.165, 1.54) is 4.57 Å². The molecule has 0 spiro atoms. The first kappa shape index (κ1) is 39.3. The van der Waals surface area contributed by atoms with Gasteiger partial charge in [-0.05, 0) is 59.2 Å². The smallest absolute Gasteiger partial charge is 0.461 e. The molecule has 2 atom stereocenters. The first-order valence-corrected chi connectivity index (χ1v) is 17.1. The molecule has 2 aromatic heterocycles. The van der Waals surface area contributed by atoms with Gasteiger partial charge in [-0.3, -0.25) is 28.0 Å². The number of nitrogen functional groups attached to an aromatic ring is 1. The van der Waals surface area contributed by atoms with E-state index in [1.54, 1.807) is 65.8 Å². The summed E-state index contributed by atoms with van der Waals surface area (Å²) in [6.45, 7) is 14.3. The largest absolute Gasteiger partial charge is 0.472 e. The van der Waals surface area contributed by atoms with E-state index in [0.717, 1.165) is 5.56 Å². The summed E-state index contributed by atoms with van der Waals surface area (Å²) in [7, 11) is -4.64. The number of phosphoric acid groups is 1. The van der Waals surface area contributed by atoms with Crippen molar-refractivity contribution in [2.75, 3.05) is 32.1 Å². The van der Waals surface area contributed by atoms with Crippen molar-refractivity contribution in [1.82, 2.24) is 24.8 Å². The molecule has 0 saturated carbocycles. The van der Waals surface area contributed by atoms with Crippen LogP contribution in [0.15, 0.2) is 29.1 Å². The molecule has 0 aliphatic rings. The minimum absolute atomic E-state index is 0.137. The van der Waals surface area contributed by atoms with Crippen molar-refractivity contribution >= 4 is 42.7 Å². The van der Waals surface area contributed by atoms with E-state index >= 15 is 0 Å². The molecule has 1 amide bonds. The molecule has 16 nitrogen and oxygen atoms in total. The standard InChI is InChI=1S/C32H47N6O10P/c1-30(2,3)26-36-23(33)22-24(37-26)38(29(42)35-22)16-19-10-12-20(13-11-19)25(39)34-14-15-46-49(43,44)47-18-21(48-28(41)32(7,8)9)17-45-27(40)31(4,5)6/h10-13,21H,14-18H2,1-9H3,(H,34,39)(H,35,42)(H,43,44)(H2,33,36,37). The van der Waals surface area contributed by atoms with Gasteiger partial charge in [-0.1, -0.05) is 32.9 Å². The number of nitrogens with two attached hydrogens (primary N) is 1. The molecule has 5 N–H and O–H groups in total. The van der Waals surface area contributed by atoms with Crippen LogP contribution in [-0.4, -0.2) is 74.7 Å². The maximum Gasteiger partial charge on any atom is 0.472 e. The number of benzene rings is 1. The number of phosphoric ester groups is 1. The molecule has 0 fully saturated rings. The lowest BCUT2D eigenvalue weighted by atomic mass is 9.96. The second kappa shape index (κ2) is 15.2. The van der Waals surface area contributed by atoms with Gasteiger partial charge in [0.25, 0.3) is 5.91 Å². The lowest BCUT2D eigenvalue weighted by Gasteiger charge is -2.25. The number of imidazole rings is 1. The monoisotopic (exact) mass is 706 g/mol. The Hall–Kier alpha value is -4.11. The Bertz CT molecular complexity index is 1760. The zero-order valence-electron chi connectivity index (χ0n) is 29.4. The first-order chi connectivity index (χ1) is 22.5. The Morgan fingerprint density at radius 2 is 1.57 bits per heavy atom. The Morgan fingerprint density at radius 1 is 0.959 bits per heavy atom. The highest BCUT2D eigenvalue weighted by molar-refractivity contribution is 7.47. The van der Waals surface area contributed by atoms with Crippen molar-refractivity contribution in [2.24, 2.45) is 10.8 Å². The molecule has 3 rings (SSSR count). The number of esters is 2. The van der Waals surface area contributed by atoms with Crippen LogP contribution in [0.1, 0.15) is 84.1 Å². The predicted molar refractivity (Wildman–Crippen MR) is 181 cm³/mol. The summed E-state index contributed by atoms with van der Waals surface area (Å²) >= 11 is 0. The summed E-state index contributed by atoms with van der Waals surface area (Å²) in [5, 5.41) is 2.58. The van der Waals surface area contributed by atoms with E-state index in [1.807, 2.05) is 20.8 Å². The fourth-order valence-corrected chi connectivity index (χ4v) is 4.70. The molecule has 2 unspecified atom stereocenters. The molecule has 3 aromatic rings. The minimum Gasteiger partial charge on any atom is -0.461 e. The lowest BCUT2D eigenvalue weighted by molar-refractivity contribution is -0.171. The van der Waals surface area contributed by atoms with E-state index in [-0.39, 0.29) is 25.5 Å². The van der Waals surface area contributed by atoms with E-state index in [2.05, 4.69) is 20.3 Å². The average Bonchev–Trinajstić information content (AvgIpc) is 3.30. The molecule has 0 bridgehead atoms. The zero-order valence-corrected chi connectivity index (χ0v) is 30.3. The number of rotatable bonds is 13. The Labute approximate surface area is 284 Å². The Balaban J connectivity index is 1.54. The van der Waals surface area contributed by atoms with Gasteiger partial charge < -0.3 is 30.4 Å². The molecule has 17 heteroatoms. The number of fused-ring (bicyclic) bond motifs is 1. The molecule has 2 heterocycles. The van der Waals surface area contributed by atoms with E-state index in [9.17, 15) is 28.6 Å². The van der Waals surface area contributed by atoms with Crippen LogP contribution >= 0.6 is 7.82 Å². The average molecular weight is 707 g/mol. The summed E-state index contributed by atoms with van der Waals surface area (Å²) in [5.41, 5.74) is 5.33. The van der Waals surface area contributed by atoms with Gasteiger partial charge in [-0.2, -0.15) is 0 Å². The molecule has 0 aliphatic heterocycles. The van der Waals surface area contributed by atoms with Crippen LogP contribution in [0.5, 0.6) is 0 Å². The van der Waals surface area contributed by atoms with Gasteiger partial charge in [0.1, 0.15) is 17.9 Å². The third kappa shape index (κ3) is 11.2. The second-order valence-electron chi connectivity index (χ2n) is 14.6. The summed E-state index contributed by atoms with van der Waals surface area (Å²) < 4.78 is 34.4. The van der Waals surface area contributed by atoms with Crippen LogP contribution in [-0.2, 0) is 44.6 Å². The maximum absolute atomic E-state index is 12.7. The number of anilines is 1. The fourth-order valence-electron chi connectivity index (χ4n) is 3.95. The second-order valence-corrected chi connectivity index (χ2v) is 16.0. The number of H-pyrrole nitrogens is 1. The number of carbonyl (C=O) groups excluding carboxylic acids is 3. The minimum atomic E-state index is -4.64. The van der Waals surface area contributed by atoms with Crippen LogP contribution in [0.3, 0.4) is 0 Å². The number of hydrogen-bond donors (Lipinski definition) is 4. The van der Waals surface area contributed by atoms with Crippen molar-refractivity contribution in [3.8, 4) is 0 Å². The number of nitrogens with zero attached hydrogens (tertiary/aromatic N) is 3. The number of aromatic nitrogens is 4. The van der Waals surface area contributed by atoms with Crippen molar-refractivity contribution in [3.05, 3.63) is 51.7 Å². The maximum atomic E-state index is 12.7. The highest BCUT2D eigenvalue weighted by Gasteiger charge is 2.32. The van der Waals surface area contributed by atoms with Gasteiger partial charge in [0.05, 0.1) is 30.6 Å². The van der Waals surface area contributed by atoms with Gasteiger partial charge in [0, 0.05) is 17.5 Å². The summed E-state index contributed by atoms with van der Waals surface area (Å²) in [4.78, 5) is 71.7. The number of carbonyl (C=O) groups is 3. The Kier molecular flexibility index (Phi) is 12.2. The highest BCUT2D eigenvalue weighted by atomic mass is 31.2. The van der Waals surface area contributed by atoms with Gasteiger partial charge in [-0.15, -0.1) is 0 Å².